The molecule has 0 aliphatic heterocycles. The topological polar surface area (TPSA) is 61.8 Å². The molecule has 164 valence electrons. The highest BCUT2D eigenvalue weighted by Crippen LogP contribution is 2.31. The molecule has 0 bridgehead atoms. The van der Waals surface area contributed by atoms with E-state index < -0.39 is 23.6 Å². The molecule has 0 atom stereocenters. The van der Waals surface area contributed by atoms with E-state index in [2.05, 4.69) is 13.2 Å². The summed E-state index contributed by atoms with van der Waals surface area (Å²) in [6.45, 7) is 7.18. The van der Waals surface area contributed by atoms with Crippen LogP contribution in [0.1, 0.15) is 25.7 Å². The maximum absolute atomic E-state index is 14.5. The van der Waals surface area contributed by atoms with Crippen LogP contribution in [0.5, 0.6) is 11.5 Å². The summed E-state index contributed by atoms with van der Waals surface area (Å²) in [5.41, 5.74) is 0.499. The van der Waals surface area contributed by atoms with E-state index in [4.69, 9.17) is 14.2 Å². The van der Waals surface area contributed by atoms with E-state index in [-0.39, 0.29) is 23.7 Å². The zero-order valence-corrected chi connectivity index (χ0v) is 17.1. The first-order chi connectivity index (χ1) is 15.0. The number of unbranched alkanes of at least 4 members (excludes halogenated alkanes) is 3. The van der Waals surface area contributed by atoms with Crippen LogP contribution in [0.2, 0.25) is 0 Å². The number of hydrogen-bond donors (Lipinski definition) is 0. The zero-order valence-electron chi connectivity index (χ0n) is 17.1. The van der Waals surface area contributed by atoms with Gasteiger partial charge in [-0.05, 0) is 55.5 Å². The summed E-state index contributed by atoms with van der Waals surface area (Å²) in [4.78, 5) is 22.1. The van der Waals surface area contributed by atoms with Gasteiger partial charge in [-0.25, -0.2) is 14.0 Å². The Morgan fingerprint density at radius 3 is 2.10 bits per heavy atom. The fraction of sp³-hybridized carbons (Fsp3) is 0.250. The number of ether oxygens (including phenoxy) is 3. The number of carbonyl (C=O) groups excluding carboxylic acids is 2. The fourth-order valence-electron chi connectivity index (χ4n) is 2.70. The Morgan fingerprint density at radius 1 is 0.806 bits per heavy atom. The van der Waals surface area contributed by atoms with Crippen LogP contribution < -0.4 is 9.47 Å². The third-order valence-corrected chi connectivity index (χ3v) is 4.30. The SMILES string of the molecule is C=CC(=O)OCCCCCCOc1ccc(-c2ccc(OC(=O)C=C)cc2)c(F)c1F. The normalized spacial score (nSPS) is 10.3. The lowest BCUT2D eigenvalue weighted by molar-refractivity contribution is -0.137. The molecule has 2 aromatic carbocycles. The lowest BCUT2D eigenvalue weighted by Gasteiger charge is -2.11. The van der Waals surface area contributed by atoms with Crippen molar-refractivity contribution in [3.05, 3.63) is 73.3 Å². The monoisotopic (exact) mass is 430 g/mol. The van der Waals surface area contributed by atoms with E-state index in [1.807, 2.05) is 0 Å². The van der Waals surface area contributed by atoms with Crippen molar-refractivity contribution in [3.8, 4) is 22.6 Å². The van der Waals surface area contributed by atoms with Crippen molar-refractivity contribution in [2.75, 3.05) is 13.2 Å². The van der Waals surface area contributed by atoms with Crippen LogP contribution in [-0.2, 0) is 14.3 Å². The van der Waals surface area contributed by atoms with Gasteiger partial charge in [-0.15, -0.1) is 0 Å². The predicted molar refractivity (Wildman–Crippen MR) is 113 cm³/mol. The Hall–Kier alpha value is -3.48. The Labute approximate surface area is 179 Å². The number of hydrogen-bond acceptors (Lipinski definition) is 5. The molecule has 5 nitrogen and oxygen atoms in total. The Balaban J connectivity index is 1.85. The average molecular weight is 430 g/mol. The molecule has 0 heterocycles. The van der Waals surface area contributed by atoms with Gasteiger partial charge in [-0.1, -0.05) is 25.3 Å². The molecule has 2 rings (SSSR count). The van der Waals surface area contributed by atoms with Gasteiger partial charge in [-0.2, -0.15) is 4.39 Å². The van der Waals surface area contributed by atoms with Gasteiger partial charge in [0.25, 0.3) is 0 Å². The minimum atomic E-state index is -1.06. The van der Waals surface area contributed by atoms with E-state index in [1.54, 1.807) is 0 Å². The van der Waals surface area contributed by atoms with Gasteiger partial charge in [0, 0.05) is 17.7 Å². The summed E-state index contributed by atoms with van der Waals surface area (Å²) in [6, 6.07) is 8.83. The molecule has 31 heavy (non-hydrogen) atoms. The molecule has 0 aliphatic rings. The second kappa shape index (κ2) is 12.3. The average Bonchev–Trinajstić information content (AvgIpc) is 2.78. The van der Waals surface area contributed by atoms with Crippen LogP contribution in [0, 0.1) is 11.6 Å². The van der Waals surface area contributed by atoms with Crippen LogP contribution in [0.15, 0.2) is 61.7 Å². The molecule has 0 unspecified atom stereocenters. The van der Waals surface area contributed by atoms with Crippen molar-refractivity contribution >= 4 is 11.9 Å². The van der Waals surface area contributed by atoms with Crippen molar-refractivity contribution in [2.45, 2.75) is 25.7 Å². The van der Waals surface area contributed by atoms with Crippen molar-refractivity contribution < 1.29 is 32.6 Å². The van der Waals surface area contributed by atoms with Gasteiger partial charge in [0.1, 0.15) is 5.75 Å². The largest absolute Gasteiger partial charge is 0.490 e. The molecule has 0 aromatic heterocycles. The van der Waals surface area contributed by atoms with Gasteiger partial charge >= 0.3 is 11.9 Å². The van der Waals surface area contributed by atoms with E-state index in [0.29, 0.717) is 25.0 Å². The summed E-state index contributed by atoms with van der Waals surface area (Å²) in [7, 11) is 0. The van der Waals surface area contributed by atoms with E-state index in [9.17, 15) is 18.4 Å². The highest BCUT2D eigenvalue weighted by Gasteiger charge is 2.16. The summed E-state index contributed by atoms with van der Waals surface area (Å²) >= 11 is 0. The van der Waals surface area contributed by atoms with Crippen LogP contribution in [0.4, 0.5) is 8.78 Å². The molecule has 0 saturated heterocycles. The smallest absolute Gasteiger partial charge is 0.335 e. The summed E-state index contributed by atoms with van der Waals surface area (Å²) in [6.07, 6.45) is 5.13. The van der Waals surface area contributed by atoms with Crippen LogP contribution in [0.25, 0.3) is 11.1 Å². The van der Waals surface area contributed by atoms with Crippen LogP contribution in [-0.4, -0.2) is 25.2 Å². The number of halogens is 2. The number of esters is 2. The predicted octanol–water partition coefficient (Wildman–Crippen LogP) is 5.39. The minimum Gasteiger partial charge on any atom is -0.490 e. The third-order valence-electron chi connectivity index (χ3n) is 4.30. The molecule has 0 N–H and O–H groups in total. The Kier molecular flexibility index (Phi) is 9.42. The summed E-state index contributed by atoms with van der Waals surface area (Å²) in [5, 5.41) is 0. The quantitative estimate of drug-likeness (QED) is 0.196. The first kappa shape index (κ1) is 23.8. The van der Waals surface area contributed by atoms with Gasteiger partial charge in [0.2, 0.25) is 5.82 Å². The van der Waals surface area contributed by atoms with Gasteiger partial charge in [0.15, 0.2) is 11.6 Å². The Bertz CT molecular complexity index is 922. The molecule has 0 amide bonds. The molecule has 0 saturated carbocycles. The molecule has 7 heteroatoms. The summed E-state index contributed by atoms with van der Waals surface area (Å²) in [5.74, 6) is -3.02. The van der Waals surface area contributed by atoms with Gasteiger partial charge in [0.05, 0.1) is 13.2 Å². The van der Waals surface area contributed by atoms with Crippen molar-refractivity contribution in [2.24, 2.45) is 0 Å². The lowest BCUT2D eigenvalue weighted by atomic mass is 10.0. The highest BCUT2D eigenvalue weighted by atomic mass is 19.2. The molecule has 0 aliphatic carbocycles. The standard InChI is InChI=1S/C24H24F2O5/c1-3-21(27)30-16-8-6-5-7-15-29-20-14-13-19(23(25)24(20)26)17-9-11-18(12-10-17)31-22(28)4-2/h3-4,9-14H,1-2,5-8,15-16H2. The maximum Gasteiger partial charge on any atom is 0.335 e. The van der Waals surface area contributed by atoms with Gasteiger partial charge < -0.3 is 14.2 Å². The van der Waals surface area contributed by atoms with E-state index in [0.717, 1.165) is 25.0 Å². The molecule has 0 spiro atoms. The summed E-state index contributed by atoms with van der Waals surface area (Å²) < 4.78 is 44.1. The fourth-order valence-corrected chi connectivity index (χ4v) is 2.70. The highest BCUT2D eigenvalue weighted by molar-refractivity contribution is 5.83. The number of carbonyl (C=O) groups is 2. The zero-order chi connectivity index (χ0) is 22.6. The second-order valence-electron chi connectivity index (χ2n) is 6.52. The first-order valence-corrected chi connectivity index (χ1v) is 9.81. The molecule has 0 fully saturated rings. The van der Waals surface area contributed by atoms with Crippen molar-refractivity contribution in [1.82, 2.24) is 0 Å². The lowest BCUT2D eigenvalue weighted by Crippen LogP contribution is -2.03. The first-order valence-electron chi connectivity index (χ1n) is 9.81. The molecular weight excluding hydrogens is 406 g/mol. The maximum atomic E-state index is 14.5. The molecule has 0 radical (unpaired) electrons. The number of rotatable bonds is 12. The van der Waals surface area contributed by atoms with E-state index >= 15 is 0 Å². The van der Waals surface area contributed by atoms with Gasteiger partial charge in [-0.3, -0.25) is 0 Å². The van der Waals surface area contributed by atoms with E-state index in [1.165, 1.54) is 36.4 Å². The molecule has 2 aromatic rings. The van der Waals surface area contributed by atoms with Crippen LogP contribution in [0.3, 0.4) is 0 Å². The number of benzene rings is 2. The second-order valence-corrected chi connectivity index (χ2v) is 6.52. The van der Waals surface area contributed by atoms with Crippen LogP contribution >= 0.6 is 0 Å². The molecular formula is C24H24F2O5. The minimum absolute atomic E-state index is 0.0699. The van der Waals surface area contributed by atoms with Crippen molar-refractivity contribution in [3.63, 3.8) is 0 Å². The Morgan fingerprint density at radius 2 is 1.45 bits per heavy atom. The van der Waals surface area contributed by atoms with Crippen molar-refractivity contribution in [1.29, 1.82) is 0 Å². The third kappa shape index (κ3) is 7.37.